The first-order valence-corrected chi connectivity index (χ1v) is 8.86. The highest BCUT2D eigenvalue weighted by molar-refractivity contribution is 6.30. The van der Waals surface area contributed by atoms with Gasteiger partial charge in [-0.15, -0.1) is 0 Å². The number of carboxylic acids is 1. The number of hydrogen-bond acceptors (Lipinski definition) is 3. The Morgan fingerprint density at radius 3 is 2.26 bits per heavy atom. The van der Waals surface area contributed by atoms with Crippen molar-refractivity contribution in [1.82, 2.24) is 4.57 Å². The van der Waals surface area contributed by atoms with E-state index in [2.05, 4.69) is 5.32 Å². The smallest absolute Gasteiger partial charge is 0.221 e. The molecule has 0 saturated carbocycles. The summed E-state index contributed by atoms with van der Waals surface area (Å²) in [6, 6.07) is 18.7. The van der Waals surface area contributed by atoms with Crippen molar-refractivity contribution in [3.05, 3.63) is 71.4 Å². The highest BCUT2D eigenvalue weighted by Crippen LogP contribution is 2.29. The van der Waals surface area contributed by atoms with Gasteiger partial charge in [0, 0.05) is 35.0 Å². The fraction of sp³-hybridized carbons (Fsp3) is 0.143. The molecule has 5 nitrogen and oxygen atoms in total. The number of carbonyl (C=O) groups excluding carboxylic acids is 2. The minimum Gasteiger partial charge on any atom is -0.550 e. The van der Waals surface area contributed by atoms with Crippen LogP contribution in [0.15, 0.2) is 60.7 Å². The molecule has 3 aromatic rings. The standard InChI is InChI=1S/C21H19ClN2O3/c1-14(25)23-17-6-8-18(9-7-17)24-19(11-13-21(26)27)10-12-20(24)15-2-4-16(22)5-3-15/h2-10,12H,11,13H2,1H3,(H,23,25)(H,26,27)/p-1. The number of hydrogen-bond donors (Lipinski definition) is 1. The molecule has 0 fully saturated rings. The monoisotopic (exact) mass is 381 g/mol. The minimum atomic E-state index is -1.09. The number of carboxylic acid groups (broad SMARTS) is 1. The summed E-state index contributed by atoms with van der Waals surface area (Å²) in [5.74, 6) is -1.22. The zero-order valence-corrected chi connectivity index (χ0v) is 15.5. The third kappa shape index (κ3) is 4.57. The van der Waals surface area contributed by atoms with Gasteiger partial charge in [0.05, 0.1) is 5.69 Å². The van der Waals surface area contributed by atoms with Gasteiger partial charge in [0.2, 0.25) is 5.91 Å². The second-order valence-corrected chi connectivity index (χ2v) is 6.59. The number of benzene rings is 2. The first-order valence-electron chi connectivity index (χ1n) is 8.48. The van der Waals surface area contributed by atoms with E-state index in [1.807, 2.05) is 65.2 Å². The number of amides is 1. The van der Waals surface area contributed by atoms with Gasteiger partial charge < -0.3 is 19.8 Å². The summed E-state index contributed by atoms with van der Waals surface area (Å²) in [7, 11) is 0. The van der Waals surface area contributed by atoms with Gasteiger partial charge in [0.15, 0.2) is 0 Å². The van der Waals surface area contributed by atoms with E-state index in [0.29, 0.717) is 17.1 Å². The van der Waals surface area contributed by atoms with Crippen LogP contribution in [0, 0.1) is 0 Å². The van der Waals surface area contributed by atoms with Crippen LogP contribution in [0.2, 0.25) is 5.02 Å². The quantitative estimate of drug-likeness (QED) is 0.710. The average Bonchev–Trinajstić information content (AvgIpc) is 3.04. The molecular formula is C21H18ClN2O3-. The number of aryl methyl sites for hydroxylation is 1. The van der Waals surface area contributed by atoms with E-state index in [4.69, 9.17) is 11.6 Å². The molecule has 3 rings (SSSR count). The normalized spacial score (nSPS) is 10.6. The number of nitrogens with zero attached hydrogens (tertiary/aromatic N) is 1. The Morgan fingerprint density at radius 2 is 1.67 bits per heavy atom. The molecule has 27 heavy (non-hydrogen) atoms. The first-order chi connectivity index (χ1) is 12.9. The van der Waals surface area contributed by atoms with Crippen LogP contribution in [-0.2, 0) is 16.0 Å². The molecule has 138 valence electrons. The Kier molecular flexibility index (Phi) is 5.62. The van der Waals surface area contributed by atoms with Crippen molar-refractivity contribution < 1.29 is 14.7 Å². The zero-order valence-electron chi connectivity index (χ0n) is 14.7. The van der Waals surface area contributed by atoms with E-state index in [0.717, 1.165) is 22.6 Å². The molecule has 0 bridgehead atoms. The van der Waals surface area contributed by atoms with Crippen LogP contribution in [0.1, 0.15) is 19.0 Å². The molecule has 0 aliphatic rings. The summed E-state index contributed by atoms with van der Waals surface area (Å²) < 4.78 is 2.00. The van der Waals surface area contributed by atoms with Crippen molar-refractivity contribution in [3.63, 3.8) is 0 Å². The highest BCUT2D eigenvalue weighted by atomic mass is 35.5. The Balaban J connectivity index is 2.04. The lowest BCUT2D eigenvalue weighted by Gasteiger charge is -2.15. The lowest BCUT2D eigenvalue weighted by molar-refractivity contribution is -0.305. The van der Waals surface area contributed by atoms with Gasteiger partial charge in [-0.25, -0.2) is 0 Å². The van der Waals surface area contributed by atoms with Gasteiger partial charge >= 0.3 is 0 Å². The zero-order chi connectivity index (χ0) is 19.4. The lowest BCUT2D eigenvalue weighted by Crippen LogP contribution is -2.22. The number of anilines is 1. The van der Waals surface area contributed by atoms with Gasteiger partial charge in [-0.05, 0) is 66.9 Å². The van der Waals surface area contributed by atoms with Gasteiger partial charge in [-0.1, -0.05) is 23.7 Å². The SMILES string of the molecule is CC(=O)Nc1ccc(-n2c(CCC(=O)[O-])ccc2-c2ccc(Cl)cc2)cc1. The molecule has 0 spiro atoms. The molecular weight excluding hydrogens is 364 g/mol. The maximum Gasteiger partial charge on any atom is 0.221 e. The Morgan fingerprint density at radius 1 is 1.00 bits per heavy atom. The van der Waals surface area contributed by atoms with Crippen molar-refractivity contribution in [3.8, 4) is 16.9 Å². The van der Waals surface area contributed by atoms with E-state index in [1.54, 1.807) is 0 Å². The number of rotatable bonds is 6. The van der Waals surface area contributed by atoms with Crippen LogP contribution in [0.5, 0.6) is 0 Å². The second-order valence-electron chi connectivity index (χ2n) is 6.15. The highest BCUT2D eigenvalue weighted by Gasteiger charge is 2.12. The molecule has 0 saturated heterocycles. The van der Waals surface area contributed by atoms with Crippen molar-refractivity contribution in [2.24, 2.45) is 0 Å². The topological polar surface area (TPSA) is 74.2 Å². The van der Waals surface area contributed by atoms with Gasteiger partial charge in [-0.3, -0.25) is 4.79 Å². The van der Waals surface area contributed by atoms with E-state index in [1.165, 1.54) is 6.92 Å². The molecule has 2 aromatic carbocycles. The second kappa shape index (κ2) is 8.10. The van der Waals surface area contributed by atoms with Gasteiger partial charge in [0.25, 0.3) is 0 Å². The Labute approximate surface area is 162 Å². The van der Waals surface area contributed by atoms with Crippen LogP contribution in [0.25, 0.3) is 16.9 Å². The Bertz CT molecular complexity index is 960. The predicted molar refractivity (Wildman–Crippen MR) is 104 cm³/mol. The van der Waals surface area contributed by atoms with Crippen molar-refractivity contribution in [2.75, 3.05) is 5.32 Å². The van der Waals surface area contributed by atoms with E-state index < -0.39 is 5.97 Å². The van der Waals surface area contributed by atoms with Crippen molar-refractivity contribution in [2.45, 2.75) is 19.8 Å². The van der Waals surface area contributed by atoms with E-state index in [-0.39, 0.29) is 12.3 Å². The molecule has 0 atom stereocenters. The fourth-order valence-electron chi connectivity index (χ4n) is 2.95. The molecule has 6 heteroatoms. The van der Waals surface area contributed by atoms with Crippen LogP contribution in [0.4, 0.5) is 5.69 Å². The molecule has 0 radical (unpaired) electrons. The fourth-order valence-corrected chi connectivity index (χ4v) is 3.08. The van der Waals surface area contributed by atoms with E-state index in [9.17, 15) is 14.7 Å². The van der Waals surface area contributed by atoms with Gasteiger partial charge in [-0.2, -0.15) is 0 Å². The molecule has 1 heterocycles. The van der Waals surface area contributed by atoms with Crippen LogP contribution < -0.4 is 10.4 Å². The summed E-state index contributed by atoms with van der Waals surface area (Å²) in [5.41, 5.74) is 4.31. The third-order valence-electron chi connectivity index (χ3n) is 4.13. The molecule has 0 aliphatic heterocycles. The van der Waals surface area contributed by atoms with Crippen LogP contribution >= 0.6 is 11.6 Å². The number of aliphatic carboxylic acids is 1. The summed E-state index contributed by atoms with van der Waals surface area (Å²) in [5, 5.41) is 14.3. The number of aromatic nitrogens is 1. The lowest BCUT2D eigenvalue weighted by atomic mass is 10.1. The van der Waals surface area contributed by atoms with Crippen LogP contribution in [0.3, 0.4) is 0 Å². The number of carbonyl (C=O) groups is 2. The van der Waals surface area contributed by atoms with E-state index >= 15 is 0 Å². The summed E-state index contributed by atoms with van der Waals surface area (Å²) in [4.78, 5) is 22.1. The summed E-state index contributed by atoms with van der Waals surface area (Å²) in [6.07, 6.45) is 0.289. The molecule has 0 unspecified atom stereocenters. The number of nitrogens with one attached hydrogen (secondary N) is 1. The van der Waals surface area contributed by atoms with Gasteiger partial charge in [0.1, 0.15) is 0 Å². The van der Waals surface area contributed by atoms with Crippen molar-refractivity contribution in [1.29, 1.82) is 0 Å². The maximum absolute atomic E-state index is 11.2. The molecule has 1 N–H and O–H groups in total. The van der Waals surface area contributed by atoms with Crippen LogP contribution in [-0.4, -0.2) is 16.4 Å². The maximum atomic E-state index is 11.2. The molecule has 1 aromatic heterocycles. The Hall–Kier alpha value is -3.05. The number of halogens is 1. The van der Waals surface area contributed by atoms with Crippen molar-refractivity contribution >= 4 is 29.2 Å². The minimum absolute atomic E-state index is 0.0615. The average molecular weight is 382 g/mol. The molecule has 1 amide bonds. The first kappa shape index (κ1) is 18.7. The largest absolute Gasteiger partial charge is 0.550 e. The summed E-state index contributed by atoms with van der Waals surface area (Å²) in [6.45, 7) is 1.45. The predicted octanol–water partition coefficient (Wildman–Crippen LogP) is 3.44. The summed E-state index contributed by atoms with van der Waals surface area (Å²) >= 11 is 5.99. The molecule has 0 aliphatic carbocycles. The third-order valence-corrected chi connectivity index (χ3v) is 4.38.